The lowest BCUT2D eigenvalue weighted by atomic mass is 9.80. The molecule has 1 N–H and O–H groups in total. The fraction of sp³-hybridized carbons (Fsp3) is 0.700. The number of hydroxylamine groups is 2. The van der Waals surface area contributed by atoms with Crippen LogP contribution in [0.25, 0.3) is 0 Å². The smallest absolute Gasteiger partial charge is 0.160 e. The molecule has 3 atom stereocenters. The summed E-state index contributed by atoms with van der Waals surface area (Å²) in [5, 5.41) is 11.7. The summed E-state index contributed by atoms with van der Waals surface area (Å²) in [7, 11) is 3.31. The molecule has 1 heterocycles. The maximum absolute atomic E-state index is 10.1. The van der Waals surface area contributed by atoms with Crippen LogP contribution < -0.4 is 9.47 Å². The van der Waals surface area contributed by atoms with Crippen molar-refractivity contribution in [2.24, 2.45) is 5.92 Å². The molecule has 0 bridgehead atoms. The highest BCUT2D eigenvalue weighted by Gasteiger charge is 2.37. The summed E-state index contributed by atoms with van der Waals surface area (Å²) in [5.74, 6) is 1.98. The average molecular weight is 349 g/mol. The second kappa shape index (κ2) is 8.88. The molecule has 3 rings (SSSR count). The molecule has 2 aliphatic rings. The van der Waals surface area contributed by atoms with E-state index in [9.17, 15) is 5.21 Å². The zero-order valence-electron chi connectivity index (χ0n) is 15.4. The molecular weight excluding hydrogens is 318 g/mol. The van der Waals surface area contributed by atoms with Crippen LogP contribution in [0.15, 0.2) is 18.2 Å². The summed E-state index contributed by atoms with van der Waals surface area (Å²) in [6.07, 6.45) is 8.08. The van der Waals surface area contributed by atoms with Crippen LogP contribution >= 0.6 is 0 Å². The molecule has 5 nitrogen and oxygen atoms in total. The largest absolute Gasteiger partial charge is 0.493 e. The van der Waals surface area contributed by atoms with Crippen molar-refractivity contribution in [2.75, 3.05) is 27.4 Å². The molecule has 1 aromatic carbocycles. The minimum atomic E-state index is 0.270. The van der Waals surface area contributed by atoms with Gasteiger partial charge in [-0.3, -0.25) is 0 Å². The Morgan fingerprint density at radius 2 is 1.84 bits per heavy atom. The van der Waals surface area contributed by atoms with Gasteiger partial charge in [0.1, 0.15) is 0 Å². The Hall–Kier alpha value is -1.30. The van der Waals surface area contributed by atoms with Gasteiger partial charge in [-0.15, -0.1) is 0 Å². The fourth-order valence-corrected chi connectivity index (χ4v) is 4.35. The number of benzene rings is 1. The van der Waals surface area contributed by atoms with E-state index in [4.69, 9.17) is 14.2 Å². The maximum Gasteiger partial charge on any atom is 0.160 e. The van der Waals surface area contributed by atoms with Crippen LogP contribution in [0.1, 0.15) is 44.1 Å². The monoisotopic (exact) mass is 349 g/mol. The second-order valence-electron chi connectivity index (χ2n) is 7.17. The van der Waals surface area contributed by atoms with Gasteiger partial charge >= 0.3 is 0 Å². The van der Waals surface area contributed by atoms with E-state index in [1.165, 1.54) is 24.8 Å². The van der Waals surface area contributed by atoms with Crippen LogP contribution in [-0.4, -0.2) is 49.8 Å². The highest BCUT2D eigenvalue weighted by Crippen LogP contribution is 2.35. The summed E-state index contributed by atoms with van der Waals surface area (Å²) in [6, 6.07) is 6.31. The van der Waals surface area contributed by atoms with Gasteiger partial charge in [0.15, 0.2) is 11.5 Å². The minimum Gasteiger partial charge on any atom is -0.493 e. The maximum atomic E-state index is 10.1. The number of hydrogen-bond acceptors (Lipinski definition) is 5. The molecule has 1 aliphatic carbocycles. The first-order valence-corrected chi connectivity index (χ1v) is 9.51. The van der Waals surface area contributed by atoms with Gasteiger partial charge in [-0.25, -0.2) is 0 Å². The van der Waals surface area contributed by atoms with Crippen molar-refractivity contribution < 1.29 is 19.4 Å². The third-order valence-corrected chi connectivity index (χ3v) is 5.69. The second-order valence-corrected chi connectivity index (χ2v) is 7.17. The SMILES string of the molecule is COc1ccc(CCO[C@H]2CCCC[C@H]2C2CCCN2O)cc1OC. The number of nitrogens with zero attached hydrogens (tertiary/aromatic N) is 1. The van der Waals surface area contributed by atoms with Gasteiger partial charge in [0.05, 0.1) is 26.9 Å². The van der Waals surface area contributed by atoms with Gasteiger partial charge < -0.3 is 19.4 Å². The predicted octanol–water partition coefficient (Wildman–Crippen LogP) is 3.68. The summed E-state index contributed by atoms with van der Waals surface area (Å²) in [4.78, 5) is 0. The predicted molar refractivity (Wildman–Crippen MR) is 96.5 cm³/mol. The summed E-state index contributed by atoms with van der Waals surface area (Å²) >= 11 is 0. The Morgan fingerprint density at radius 1 is 1.04 bits per heavy atom. The van der Waals surface area contributed by atoms with Gasteiger partial charge in [-0.2, -0.15) is 5.06 Å². The van der Waals surface area contributed by atoms with E-state index < -0.39 is 0 Å². The lowest BCUT2D eigenvalue weighted by molar-refractivity contribution is -0.142. The van der Waals surface area contributed by atoms with E-state index in [-0.39, 0.29) is 12.1 Å². The van der Waals surface area contributed by atoms with Gasteiger partial charge in [0.25, 0.3) is 0 Å². The molecule has 5 heteroatoms. The Bertz CT molecular complexity index is 550. The summed E-state index contributed by atoms with van der Waals surface area (Å²) in [5.41, 5.74) is 1.19. The van der Waals surface area contributed by atoms with Gasteiger partial charge in [0.2, 0.25) is 0 Å². The van der Waals surface area contributed by atoms with E-state index >= 15 is 0 Å². The minimum absolute atomic E-state index is 0.270. The molecule has 1 aliphatic heterocycles. The van der Waals surface area contributed by atoms with Crippen molar-refractivity contribution in [1.82, 2.24) is 5.06 Å². The third-order valence-electron chi connectivity index (χ3n) is 5.69. The fourth-order valence-electron chi connectivity index (χ4n) is 4.35. The van der Waals surface area contributed by atoms with Crippen molar-refractivity contribution in [3.8, 4) is 11.5 Å². The summed E-state index contributed by atoms with van der Waals surface area (Å²) in [6.45, 7) is 1.51. The van der Waals surface area contributed by atoms with Crippen molar-refractivity contribution in [2.45, 2.75) is 57.1 Å². The number of ether oxygens (including phenoxy) is 3. The third kappa shape index (κ3) is 4.46. The molecule has 1 saturated carbocycles. The molecule has 1 aromatic rings. The van der Waals surface area contributed by atoms with Crippen molar-refractivity contribution in [3.63, 3.8) is 0 Å². The molecule has 25 heavy (non-hydrogen) atoms. The molecule has 0 spiro atoms. The topological polar surface area (TPSA) is 51.2 Å². The van der Waals surface area contributed by atoms with E-state index in [1.807, 2.05) is 12.1 Å². The van der Waals surface area contributed by atoms with E-state index in [0.29, 0.717) is 12.5 Å². The number of rotatable bonds is 7. The van der Waals surface area contributed by atoms with Gasteiger partial charge in [-0.1, -0.05) is 18.9 Å². The Balaban J connectivity index is 1.55. The highest BCUT2D eigenvalue weighted by atomic mass is 16.5. The van der Waals surface area contributed by atoms with Crippen molar-refractivity contribution >= 4 is 0 Å². The molecule has 1 unspecified atom stereocenters. The normalized spacial score (nSPS) is 27.4. The average Bonchev–Trinajstić information content (AvgIpc) is 3.07. The van der Waals surface area contributed by atoms with Crippen LogP contribution in [0.4, 0.5) is 0 Å². The van der Waals surface area contributed by atoms with Crippen LogP contribution in [0.2, 0.25) is 0 Å². The van der Waals surface area contributed by atoms with Crippen LogP contribution in [0, 0.1) is 5.92 Å². The molecule has 0 amide bonds. The van der Waals surface area contributed by atoms with Gasteiger partial charge in [-0.05, 0) is 49.8 Å². The lowest BCUT2D eigenvalue weighted by Crippen LogP contribution is -2.42. The number of methoxy groups -OCH3 is 2. The molecule has 140 valence electrons. The van der Waals surface area contributed by atoms with Crippen LogP contribution in [-0.2, 0) is 11.2 Å². The summed E-state index contributed by atoms with van der Waals surface area (Å²) < 4.78 is 16.9. The molecule has 0 radical (unpaired) electrons. The number of hydrogen-bond donors (Lipinski definition) is 1. The quantitative estimate of drug-likeness (QED) is 0.814. The molecule has 2 fully saturated rings. The standard InChI is InChI=1S/C20H31NO4/c1-23-19-10-9-15(14-20(19)24-2)11-13-25-18-8-4-3-6-16(18)17-7-5-12-21(17)22/h9-10,14,16-18,22H,3-8,11-13H2,1-2H3/t16-,17?,18-/m0/s1. The van der Waals surface area contributed by atoms with E-state index in [1.54, 1.807) is 19.3 Å². The van der Waals surface area contributed by atoms with E-state index in [0.717, 1.165) is 43.7 Å². The molecule has 0 aromatic heterocycles. The van der Waals surface area contributed by atoms with E-state index in [2.05, 4.69) is 6.07 Å². The highest BCUT2D eigenvalue weighted by molar-refractivity contribution is 5.42. The van der Waals surface area contributed by atoms with Crippen LogP contribution in [0.3, 0.4) is 0 Å². The Morgan fingerprint density at radius 3 is 2.56 bits per heavy atom. The first kappa shape index (κ1) is 18.5. The first-order valence-electron chi connectivity index (χ1n) is 9.51. The Labute approximate surface area is 150 Å². The lowest BCUT2D eigenvalue weighted by Gasteiger charge is -2.37. The van der Waals surface area contributed by atoms with Crippen LogP contribution in [0.5, 0.6) is 11.5 Å². The van der Waals surface area contributed by atoms with Gasteiger partial charge in [0, 0.05) is 18.5 Å². The molecule has 1 saturated heterocycles. The van der Waals surface area contributed by atoms with Crippen molar-refractivity contribution in [3.05, 3.63) is 23.8 Å². The Kier molecular flexibility index (Phi) is 6.57. The molecular formula is C20H31NO4. The first-order chi connectivity index (χ1) is 12.2. The zero-order chi connectivity index (χ0) is 17.6. The van der Waals surface area contributed by atoms with Crippen molar-refractivity contribution in [1.29, 1.82) is 0 Å². The zero-order valence-corrected chi connectivity index (χ0v) is 15.4.